The smallest absolute Gasteiger partial charge is 0.134 e. The summed E-state index contributed by atoms with van der Waals surface area (Å²) in [6.07, 6.45) is 0. The Kier molecular flexibility index (Phi) is 3.46. The lowest BCUT2D eigenvalue weighted by Gasteiger charge is -2.26. The van der Waals surface area contributed by atoms with Crippen LogP contribution in [-0.2, 0) is 5.41 Å². The Morgan fingerprint density at radius 3 is 2.27 bits per heavy atom. The fraction of sp³-hybridized carbons (Fsp3) is 0.500. The molecule has 2 nitrogen and oxygen atoms in total. The van der Waals surface area contributed by atoms with Gasteiger partial charge in [0.15, 0.2) is 0 Å². The van der Waals surface area contributed by atoms with E-state index in [9.17, 15) is 10.2 Å². The number of aliphatic hydroxyl groups is 1. The van der Waals surface area contributed by atoms with E-state index < -0.39 is 5.41 Å². The van der Waals surface area contributed by atoms with Crippen molar-refractivity contribution in [1.29, 1.82) is 0 Å². The van der Waals surface area contributed by atoms with Crippen LogP contribution < -0.4 is 0 Å². The lowest BCUT2D eigenvalue weighted by Crippen LogP contribution is -2.23. The number of hydrogen-bond acceptors (Lipinski definition) is 2. The Labute approximate surface area is 99.1 Å². The third-order valence-electron chi connectivity index (χ3n) is 2.69. The second-order valence-electron chi connectivity index (χ2n) is 4.59. The monoisotopic (exact) mass is 272 g/mol. The van der Waals surface area contributed by atoms with Crippen molar-refractivity contribution in [1.82, 2.24) is 0 Å². The molecule has 1 rings (SSSR count). The summed E-state index contributed by atoms with van der Waals surface area (Å²) in [5.74, 6) is 0.242. The van der Waals surface area contributed by atoms with Crippen molar-refractivity contribution < 1.29 is 10.2 Å². The highest BCUT2D eigenvalue weighted by molar-refractivity contribution is 9.10. The van der Waals surface area contributed by atoms with Crippen molar-refractivity contribution in [2.75, 3.05) is 6.61 Å². The van der Waals surface area contributed by atoms with Crippen LogP contribution in [-0.4, -0.2) is 16.8 Å². The Bertz CT molecular complexity index is 384. The van der Waals surface area contributed by atoms with Crippen LogP contribution in [0.3, 0.4) is 0 Å². The molecule has 1 aromatic rings. The molecule has 0 amide bonds. The third kappa shape index (κ3) is 2.18. The van der Waals surface area contributed by atoms with E-state index in [0.29, 0.717) is 4.47 Å². The Morgan fingerprint density at radius 1 is 1.27 bits per heavy atom. The zero-order valence-electron chi connectivity index (χ0n) is 9.56. The largest absolute Gasteiger partial charge is 0.506 e. The Balaban J connectivity index is 3.49. The maximum atomic E-state index is 10.1. The number of benzene rings is 1. The van der Waals surface area contributed by atoms with Crippen molar-refractivity contribution in [2.45, 2.75) is 33.1 Å². The van der Waals surface area contributed by atoms with E-state index in [0.717, 1.165) is 16.7 Å². The summed E-state index contributed by atoms with van der Waals surface area (Å²) in [4.78, 5) is 0. The van der Waals surface area contributed by atoms with E-state index in [1.54, 1.807) is 0 Å². The molecule has 0 fully saturated rings. The minimum atomic E-state index is -0.426. The van der Waals surface area contributed by atoms with Gasteiger partial charge in [0.25, 0.3) is 0 Å². The lowest BCUT2D eigenvalue weighted by atomic mass is 9.81. The van der Waals surface area contributed by atoms with Crippen molar-refractivity contribution >= 4 is 15.9 Å². The van der Waals surface area contributed by atoms with Gasteiger partial charge in [0.1, 0.15) is 5.75 Å². The highest BCUT2D eigenvalue weighted by atomic mass is 79.9. The highest BCUT2D eigenvalue weighted by Gasteiger charge is 2.26. The number of aryl methyl sites for hydroxylation is 2. The minimum Gasteiger partial charge on any atom is -0.506 e. The van der Waals surface area contributed by atoms with Crippen molar-refractivity contribution in [3.8, 4) is 5.75 Å². The first-order valence-electron chi connectivity index (χ1n) is 4.91. The normalized spacial score (nSPS) is 11.9. The fourth-order valence-electron chi connectivity index (χ4n) is 1.88. The minimum absolute atomic E-state index is 0.0108. The van der Waals surface area contributed by atoms with Gasteiger partial charge >= 0.3 is 0 Å². The fourth-order valence-corrected chi connectivity index (χ4v) is 2.19. The molecule has 0 bridgehead atoms. The van der Waals surface area contributed by atoms with Crippen LogP contribution in [0.2, 0.25) is 0 Å². The van der Waals surface area contributed by atoms with Gasteiger partial charge in [0.05, 0.1) is 11.1 Å². The van der Waals surface area contributed by atoms with Crippen LogP contribution in [0.4, 0.5) is 0 Å². The van der Waals surface area contributed by atoms with E-state index in [-0.39, 0.29) is 12.4 Å². The number of phenolic OH excluding ortho intramolecular Hbond substituents is 1. The summed E-state index contributed by atoms with van der Waals surface area (Å²) in [5.41, 5.74) is 2.39. The molecule has 84 valence electrons. The molecule has 0 atom stereocenters. The summed E-state index contributed by atoms with van der Waals surface area (Å²) in [5, 5.41) is 19.4. The maximum absolute atomic E-state index is 10.1. The summed E-state index contributed by atoms with van der Waals surface area (Å²) in [6, 6.07) is 2.01. The average Bonchev–Trinajstić information content (AvgIpc) is 2.14. The van der Waals surface area contributed by atoms with Gasteiger partial charge in [-0.2, -0.15) is 0 Å². The molecule has 0 saturated carbocycles. The quantitative estimate of drug-likeness (QED) is 0.869. The molecule has 0 unspecified atom stereocenters. The molecule has 0 aliphatic rings. The van der Waals surface area contributed by atoms with E-state index in [2.05, 4.69) is 15.9 Å². The molecule has 2 N–H and O–H groups in total. The number of halogens is 1. The summed E-state index contributed by atoms with van der Waals surface area (Å²) in [6.45, 7) is 7.73. The topological polar surface area (TPSA) is 40.5 Å². The van der Waals surface area contributed by atoms with E-state index in [1.165, 1.54) is 0 Å². The molecule has 0 aliphatic carbocycles. The molecule has 0 radical (unpaired) electrons. The van der Waals surface area contributed by atoms with Crippen molar-refractivity contribution in [2.24, 2.45) is 0 Å². The van der Waals surface area contributed by atoms with Gasteiger partial charge in [-0.15, -0.1) is 0 Å². The summed E-state index contributed by atoms with van der Waals surface area (Å²) < 4.78 is 0.713. The molecule has 0 aliphatic heterocycles. The predicted octanol–water partition coefficient (Wildman–Crippen LogP) is 3.04. The molecule has 0 saturated heterocycles. The molecule has 1 aromatic carbocycles. The van der Waals surface area contributed by atoms with Crippen LogP contribution in [0.1, 0.15) is 30.5 Å². The number of hydrogen-bond donors (Lipinski definition) is 2. The van der Waals surface area contributed by atoms with Gasteiger partial charge in [-0.25, -0.2) is 0 Å². The summed E-state index contributed by atoms with van der Waals surface area (Å²) in [7, 11) is 0. The van der Waals surface area contributed by atoms with Crippen LogP contribution in [0, 0.1) is 13.8 Å². The molecule has 0 aromatic heterocycles. The Hall–Kier alpha value is -0.540. The van der Waals surface area contributed by atoms with Gasteiger partial charge in [-0.05, 0) is 40.9 Å². The van der Waals surface area contributed by atoms with Crippen LogP contribution >= 0.6 is 15.9 Å². The standard InChI is InChI=1S/C12H17BrO2/c1-7-5-8(2)10(13)11(15)9(7)12(3,4)6-14/h5,14-15H,6H2,1-4H3. The molecule has 15 heavy (non-hydrogen) atoms. The number of rotatable bonds is 2. The SMILES string of the molecule is Cc1cc(C)c(C(C)(C)CO)c(O)c1Br. The van der Waals surface area contributed by atoms with Crippen LogP contribution in [0.15, 0.2) is 10.5 Å². The first kappa shape index (κ1) is 12.5. The molecule has 3 heteroatoms. The highest BCUT2D eigenvalue weighted by Crippen LogP contribution is 2.40. The van der Waals surface area contributed by atoms with Gasteiger partial charge in [-0.1, -0.05) is 19.9 Å². The summed E-state index contributed by atoms with van der Waals surface area (Å²) >= 11 is 3.35. The number of phenols is 1. The van der Waals surface area contributed by atoms with E-state index >= 15 is 0 Å². The zero-order chi connectivity index (χ0) is 11.8. The van der Waals surface area contributed by atoms with E-state index in [1.807, 2.05) is 33.8 Å². The Morgan fingerprint density at radius 2 is 1.80 bits per heavy atom. The zero-order valence-corrected chi connectivity index (χ0v) is 11.1. The first-order chi connectivity index (χ1) is 6.81. The molecule has 0 spiro atoms. The maximum Gasteiger partial charge on any atom is 0.134 e. The van der Waals surface area contributed by atoms with Crippen molar-refractivity contribution in [3.05, 3.63) is 27.2 Å². The van der Waals surface area contributed by atoms with Crippen molar-refractivity contribution in [3.63, 3.8) is 0 Å². The van der Waals surface area contributed by atoms with E-state index in [4.69, 9.17) is 0 Å². The molecular formula is C12H17BrO2. The molecular weight excluding hydrogens is 256 g/mol. The van der Waals surface area contributed by atoms with Crippen LogP contribution in [0.5, 0.6) is 5.75 Å². The second kappa shape index (κ2) is 4.14. The number of aliphatic hydroxyl groups excluding tert-OH is 1. The van der Waals surface area contributed by atoms with Gasteiger partial charge in [0, 0.05) is 11.0 Å². The molecule has 0 heterocycles. The average molecular weight is 273 g/mol. The first-order valence-corrected chi connectivity index (χ1v) is 5.70. The second-order valence-corrected chi connectivity index (χ2v) is 5.38. The number of aromatic hydroxyl groups is 1. The van der Waals surface area contributed by atoms with Crippen LogP contribution in [0.25, 0.3) is 0 Å². The van der Waals surface area contributed by atoms with Gasteiger partial charge < -0.3 is 10.2 Å². The van der Waals surface area contributed by atoms with Gasteiger partial charge in [0.2, 0.25) is 0 Å². The predicted molar refractivity (Wildman–Crippen MR) is 65.4 cm³/mol. The lowest BCUT2D eigenvalue weighted by molar-refractivity contribution is 0.214. The van der Waals surface area contributed by atoms with Gasteiger partial charge in [-0.3, -0.25) is 0 Å². The third-order valence-corrected chi connectivity index (χ3v) is 3.69.